The number of carbonyl (C=O) groups excluding carboxylic acids is 1. The van der Waals surface area contributed by atoms with Gasteiger partial charge in [-0.05, 0) is 61.0 Å². The van der Waals surface area contributed by atoms with E-state index in [9.17, 15) is 17.6 Å². The normalized spacial score (nSPS) is 11.8. The molecule has 7 nitrogen and oxygen atoms in total. The molecule has 0 radical (unpaired) electrons. The number of hydrogen-bond donors (Lipinski definition) is 0. The second-order valence-electron chi connectivity index (χ2n) is 8.20. The van der Waals surface area contributed by atoms with Crippen LogP contribution in [0, 0.1) is 5.82 Å². The molecule has 0 bridgehead atoms. The number of hydrogen-bond acceptors (Lipinski definition) is 6. The molecule has 2 heterocycles. The van der Waals surface area contributed by atoms with Crippen molar-refractivity contribution in [1.29, 1.82) is 0 Å². The Morgan fingerprint density at radius 3 is 2.50 bits per heavy atom. The fourth-order valence-corrected chi connectivity index (χ4v) is 6.21. The van der Waals surface area contributed by atoms with Crippen molar-refractivity contribution in [1.82, 2.24) is 14.3 Å². The number of sulfonamides is 1. The van der Waals surface area contributed by atoms with Gasteiger partial charge < -0.3 is 0 Å². The van der Waals surface area contributed by atoms with Gasteiger partial charge in [0, 0.05) is 24.8 Å². The molecule has 10 heteroatoms. The van der Waals surface area contributed by atoms with E-state index in [0.29, 0.717) is 39.7 Å². The van der Waals surface area contributed by atoms with Crippen LogP contribution in [0.2, 0.25) is 0 Å². The van der Waals surface area contributed by atoms with Crippen LogP contribution in [-0.4, -0.2) is 41.7 Å². The van der Waals surface area contributed by atoms with Crippen LogP contribution in [0.4, 0.5) is 9.52 Å². The lowest BCUT2D eigenvalue weighted by molar-refractivity contribution is 0.0984. The van der Waals surface area contributed by atoms with E-state index in [4.69, 9.17) is 0 Å². The number of unbranched alkanes of at least 4 members (excludes halogenated alkanes) is 1. The SMILES string of the molecule is CCCCN(CC)S(=O)(=O)c1ccc(C(=O)N(Cc2ccccn2)c2nc3ccc(F)cc3s2)cc1. The minimum absolute atomic E-state index is 0.142. The molecule has 188 valence electrons. The topological polar surface area (TPSA) is 83.5 Å². The summed E-state index contributed by atoms with van der Waals surface area (Å²) in [7, 11) is -3.66. The van der Waals surface area contributed by atoms with Gasteiger partial charge in [0.05, 0.1) is 27.4 Å². The lowest BCUT2D eigenvalue weighted by Crippen LogP contribution is -2.32. The Balaban J connectivity index is 1.66. The minimum atomic E-state index is -3.66. The Hall–Kier alpha value is -3.21. The van der Waals surface area contributed by atoms with Crippen molar-refractivity contribution in [3.8, 4) is 0 Å². The largest absolute Gasteiger partial charge is 0.278 e. The lowest BCUT2D eigenvalue weighted by Gasteiger charge is -2.21. The first-order valence-electron chi connectivity index (χ1n) is 11.7. The van der Waals surface area contributed by atoms with Crippen molar-refractivity contribution in [2.24, 2.45) is 0 Å². The number of amides is 1. The van der Waals surface area contributed by atoms with Crippen LogP contribution in [-0.2, 0) is 16.6 Å². The van der Waals surface area contributed by atoms with E-state index in [-0.39, 0.29) is 23.2 Å². The molecule has 4 rings (SSSR count). The maximum Gasteiger partial charge on any atom is 0.260 e. The Bertz CT molecular complexity index is 1440. The zero-order chi connectivity index (χ0) is 25.7. The van der Waals surface area contributed by atoms with E-state index in [2.05, 4.69) is 9.97 Å². The van der Waals surface area contributed by atoms with Crippen LogP contribution < -0.4 is 4.90 Å². The van der Waals surface area contributed by atoms with Crippen molar-refractivity contribution < 1.29 is 17.6 Å². The molecule has 36 heavy (non-hydrogen) atoms. The summed E-state index contributed by atoms with van der Waals surface area (Å²) in [5, 5.41) is 0.402. The molecule has 1 amide bonds. The first-order valence-corrected chi connectivity index (χ1v) is 14.0. The number of pyridine rings is 1. The van der Waals surface area contributed by atoms with Crippen molar-refractivity contribution in [3.63, 3.8) is 0 Å². The first-order chi connectivity index (χ1) is 17.3. The fourth-order valence-electron chi connectivity index (χ4n) is 3.74. The highest BCUT2D eigenvalue weighted by Gasteiger charge is 2.25. The van der Waals surface area contributed by atoms with Crippen LogP contribution in [0.1, 0.15) is 42.7 Å². The Labute approximate surface area is 214 Å². The molecule has 0 N–H and O–H groups in total. The molecule has 0 aliphatic rings. The third-order valence-electron chi connectivity index (χ3n) is 5.71. The third kappa shape index (κ3) is 5.61. The summed E-state index contributed by atoms with van der Waals surface area (Å²) in [6.45, 7) is 4.80. The lowest BCUT2D eigenvalue weighted by atomic mass is 10.2. The Morgan fingerprint density at radius 2 is 1.83 bits per heavy atom. The molecular weight excluding hydrogens is 499 g/mol. The van der Waals surface area contributed by atoms with Gasteiger partial charge in [0.1, 0.15) is 5.82 Å². The number of aromatic nitrogens is 2. The molecule has 2 aromatic heterocycles. The highest BCUT2D eigenvalue weighted by atomic mass is 32.2. The van der Waals surface area contributed by atoms with E-state index in [1.54, 1.807) is 24.4 Å². The van der Waals surface area contributed by atoms with E-state index >= 15 is 0 Å². The zero-order valence-corrected chi connectivity index (χ0v) is 21.7. The predicted octanol–water partition coefficient (Wildman–Crippen LogP) is 5.49. The van der Waals surface area contributed by atoms with Crippen LogP contribution in [0.15, 0.2) is 71.8 Å². The quantitative estimate of drug-likeness (QED) is 0.273. The average Bonchev–Trinajstić information content (AvgIpc) is 3.31. The van der Waals surface area contributed by atoms with E-state index < -0.39 is 10.0 Å². The van der Waals surface area contributed by atoms with Gasteiger partial charge in [0.2, 0.25) is 10.0 Å². The minimum Gasteiger partial charge on any atom is -0.278 e. The predicted molar refractivity (Wildman–Crippen MR) is 140 cm³/mol. The molecule has 0 spiro atoms. The highest BCUT2D eigenvalue weighted by molar-refractivity contribution is 7.89. The number of carbonyl (C=O) groups is 1. The van der Waals surface area contributed by atoms with Crippen LogP contribution in [0.25, 0.3) is 10.2 Å². The fraction of sp³-hybridized carbons (Fsp3) is 0.269. The van der Waals surface area contributed by atoms with Gasteiger partial charge in [-0.1, -0.05) is 37.7 Å². The summed E-state index contributed by atoms with van der Waals surface area (Å²) < 4.78 is 41.9. The second kappa shape index (κ2) is 11.2. The van der Waals surface area contributed by atoms with E-state index in [0.717, 1.165) is 12.8 Å². The molecule has 0 aliphatic heterocycles. The number of anilines is 1. The molecule has 0 atom stereocenters. The summed E-state index contributed by atoms with van der Waals surface area (Å²) in [5.74, 6) is -0.736. The van der Waals surface area contributed by atoms with Crippen molar-refractivity contribution in [3.05, 3.63) is 83.9 Å². The van der Waals surface area contributed by atoms with Gasteiger partial charge in [-0.3, -0.25) is 14.7 Å². The second-order valence-corrected chi connectivity index (χ2v) is 11.1. The summed E-state index contributed by atoms with van der Waals surface area (Å²) >= 11 is 1.21. The van der Waals surface area contributed by atoms with Gasteiger partial charge >= 0.3 is 0 Å². The van der Waals surface area contributed by atoms with Gasteiger partial charge in [0.25, 0.3) is 5.91 Å². The van der Waals surface area contributed by atoms with Gasteiger partial charge in [-0.25, -0.2) is 17.8 Å². The number of rotatable bonds is 10. The van der Waals surface area contributed by atoms with Gasteiger partial charge in [0.15, 0.2) is 5.13 Å². The molecular formula is C26H27FN4O3S2. The molecule has 0 saturated carbocycles. The maximum absolute atomic E-state index is 13.7. The molecule has 0 fully saturated rings. The van der Waals surface area contributed by atoms with Gasteiger partial charge in [-0.2, -0.15) is 4.31 Å². The highest BCUT2D eigenvalue weighted by Crippen LogP contribution is 2.31. The van der Waals surface area contributed by atoms with Crippen molar-refractivity contribution in [2.45, 2.75) is 38.1 Å². The third-order valence-corrected chi connectivity index (χ3v) is 8.74. The van der Waals surface area contributed by atoms with Crippen molar-refractivity contribution in [2.75, 3.05) is 18.0 Å². The summed E-state index contributed by atoms with van der Waals surface area (Å²) in [4.78, 5) is 24.1. The van der Waals surface area contributed by atoms with Crippen LogP contribution >= 0.6 is 11.3 Å². The number of thiazole rings is 1. The molecule has 0 saturated heterocycles. The first kappa shape index (κ1) is 25.9. The summed E-state index contributed by atoms with van der Waals surface area (Å²) in [6, 6.07) is 15.7. The van der Waals surface area contributed by atoms with Crippen LogP contribution in [0.5, 0.6) is 0 Å². The van der Waals surface area contributed by atoms with Crippen molar-refractivity contribution >= 4 is 42.6 Å². The molecule has 0 unspecified atom stereocenters. The number of nitrogens with zero attached hydrogens (tertiary/aromatic N) is 4. The van der Waals surface area contributed by atoms with Gasteiger partial charge in [-0.15, -0.1) is 0 Å². The zero-order valence-electron chi connectivity index (χ0n) is 20.1. The molecule has 0 aliphatic carbocycles. The Kier molecular flexibility index (Phi) is 8.07. The number of fused-ring (bicyclic) bond motifs is 1. The number of halogens is 1. The average molecular weight is 527 g/mol. The van der Waals surface area contributed by atoms with E-state index in [1.807, 2.05) is 19.9 Å². The van der Waals surface area contributed by atoms with Crippen LogP contribution in [0.3, 0.4) is 0 Å². The number of benzene rings is 2. The molecule has 2 aromatic carbocycles. The smallest absolute Gasteiger partial charge is 0.260 e. The standard InChI is InChI=1S/C26H27FN4O3S2/c1-3-5-16-30(4-2)36(33,34)22-12-9-19(10-13-22)25(32)31(18-21-8-6-7-15-28-21)26-29-23-14-11-20(27)17-24(23)35-26/h6-15,17H,3-5,16,18H2,1-2H3. The summed E-state index contributed by atoms with van der Waals surface area (Å²) in [5.41, 5.74) is 1.56. The summed E-state index contributed by atoms with van der Waals surface area (Å²) in [6.07, 6.45) is 3.31. The Morgan fingerprint density at radius 1 is 1.06 bits per heavy atom. The maximum atomic E-state index is 13.7. The van der Waals surface area contributed by atoms with E-state index in [1.165, 1.54) is 56.9 Å². The monoisotopic (exact) mass is 526 g/mol. The molecule has 4 aromatic rings.